The van der Waals surface area contributed by atoms with Crippen molar-refractivity contribution in [3.63, 3.8) is 0 Å². The molecule has 7 heteroatoms. The van der Waals surface area contributed by atoms with Crippen LogP contribution < -0.4 is 10.5 Å². The number of thiophene rings is 1. The summed E-state index contributed by atoms with van der Waals surface area (Å²) in [5, 5.41) is 20.8. The summed E-state index contributed by atoms with van der Waals surface area (Å²) in [4.78, 5) is 7.55. The minimum atomic E-state index is -0.0903. The summed E-state index contributed by atoms with van der Waals surface area (Å²) in [6.45, 7) is 0.922. The monoisotopic (exact) mass is 394 g/mol. The first-order valence-corrected chi connectivity index (χ1v) is 9.67. The lowest BCUT2D eigenvalue weighted by Crippen LogP contribution is -2.09. The van der Waals surface area contributed by atoms with Crippen LogP contribution in [0.2, 0.25) is 0 Å². The topological polar surface area (TPSA) is 95.4 Å². The van der Waals surface area contributed by atoms with Crippen LogP contribution in [-0.4, -0.2) is 42.3 Å². The van der Waals surface area contributed by atoms with Crippen molar-refractivity contribution >= 4 is 17.2 Å². The molecule has 0 spiro atoms. The Morgan fingerprint density at radius 2 is 2.04 bits per heavy atom. The van der Waals surface area contributed by atoms with Gasteiger partial charge in [0.2, 0.25) is 0 Å². The van der Waals surface area contributed by atoms with Crippen LogP contribution in [0.25, 0.3) is 21.7 Å². The van der Waals surface area contributed by atoms with Crippen LogP contribution in [-0.2, 0) is 6.54 Å². The number of aliphatic hydroxyl groups excluding tert-OH is 1. The number of benzene rings is 1. The second-order valence-electron chi connectivity index (χ2n) is 6.55. The maximum Gasteiger partial charge on any atom is 0.142 e. The van der Waals surface area contributed by atoms with Gasteiger partial charge in [0.1, 0.15) is 29.8 Å². The SMILES string of the molecule is CN(C)Cc1csc(-c2cc(-c3ccccc3OCCO)c(C#N)c(N)n2)c1. The summed E-state index contributed by atoms with van der Waals surface area (Å²) in [6.07, 6.45) is 0. The molecule has 0 aliphatic carbocycles. The highest BCUT2D eigenvalue weighted by atomic mass is 32.1. The highest BCUT2D eigenvalue weighted by molar-refractivity contribution is 7.13. The Balaban J connectivity index is 2.10. The molecule has 28 heavy (non-hydrogen) atoms. The summed E-state index contributed by atoms with van der Waals surface area (Å²) in [6, 6.07) is 13.5. The number of pyridine rings is 1. The Morgan fingerprint density at radius 3 is 2.75 bits per heavy atom. The van der Waals surface area contributed by atoms with Gasteiger partial charge in [-0.05, 0) is 43.2 Å². The zero-order valence-electron chi connectivity index (χ0n) is 15.8. The average molecular weight is 395 g/mol. The van der Waals surface area contributed by atoms with Gasteiger partial charge >= 0.3 is 0 Å². The van der Waals surface area contributed by atoms with Gasteiger partial charge in [0.05, 0.1) is 17.2 Å². The van der Waals surface area contributed by atoms with E-state index in [9.17, 15) is 5.26 Å². The molecule has 0 aliphatic rings. The number of aromatic nitrogens is 1. The molecule has 0 fully saturated rings. The van der Waals surface area contributed by atoms with Crippen LogP contribution in [0.3, 0.4) is 0 Å². The van der Waals surface area contributed by atoms with Crippen molar-refractivity contribution in [2.75, 3.05) is 33.0 Å². The molecule has 2 aromatic heterocycles. The van der Waals surface area contributed by atoms with Crippen LogP contribution >= 0.6 is 11.3 Å². The van der Waals surface area contributed by atoms with Gasteiger partial charge in [-0.1, -0.05) is 18.2 Å². The van der Waals surface area contributed by atoms with Gasteiger partial charge in [0.15, 0.2) is 0 Å². The van der Waals surface area contributed by atoms with Crippen molar-refractivity contribution in [2.24, 2.45) is 0 Å². The number of hydrogen-bond acceptors (Lipinski definition) is 7. The van der Waals surface area contributed by atoms with E-state index < -0.39 is 0 Å². The largest absolute Gasteiger partial charge is 0.491 e. The van der Waals surface area contributed by atoms with Crippen LogP contribution in [0.1, 0.15) is 11.1 Å². The molecule has 0 bridgehead atoms. The predicted octanol–water partition coefficient (Wildman–Crippen LogP) is 3.36. The van der Waals surface area contributed by atoms with E-state index in [1.807, 2.05) is 44.4 Å². The predicted molar refractivity (Wildman–Crippen MR) is 112 cm³/mol. The molecule has 6 nitrogen and oxygen atoms in total. The molecule has 1 aromatic carbocycles. The second kappa shape index (κ2) is 8.85. The lowest BCUT2D eigenvalue weighted by atomic mass is 9.99. The van der Waals surface area contributed by atoms with E-state index in [4.69, 9.17) is 15.6 Å². The van der Waals surface area contributed by atoms with E-state index in [-0.39, 0.29) is 19.0 Å². The number of nitrogens with zero attached hydrogens (tertiary/aromatic N) is 3. The number of ether oxygens (including phenoxy) is 1. The summed E-state index contributed by atoms with van der Waals surface area (Å²) in [5.41, 5.74) is 9.77. The second-order valence-corrected chi connectivity index (χ2v) is 7.46. The molecule has 0 aliphatic heterocycles. The Labute approximate surface area is 168 Å². The van der Waals surface area contributed by atoms with Gasteiger partial charge < -0.3 is 20.5 Å². The quantitative estimate of drug-likeness (QED) is 0.638. The minimum Gasteiger partial charge on any atom is -0.491 e. The molecule has 0 saturated heterocycles. The fourth-order valence-electron chi connectivity index (χ4n) is 2.95. The van der Waals surface area contributed by atoms with E-state index in [2.05, 4.69) is 27.4 Å². The normalized spacial score (nSPS) is 10.8. The molecule has 3 N–H and O–H groups in total. The molecule has 3 rings (SSSR count). The van der Waals surface area contributed by atoms with Crippen molar-refractivity contribution in [3.8, 4) is 33.5 Å². The Bertz CT molecular complexity index is 1010. The highest BCUT2D eigenvalue weighted by Crippen LogP contribution is 2.37. The van der Waals surface area contributed by atoms with Crippen molar-refractivity contribution < 1.29 is 9.84 Å². The Kier molecular flexibility index (Phi) is 6.26. The smallest absolute Gasteiger partial charge is 0.142 e. The molecule has 144 valence electrons. The molecule has 0 unspecified atom stereocenters. The van der Waals surface area contributed by atoms with Gasteiger partial charge in [-0.3, -0.25) is 0 Å². The number of para-hydroxylation sites is 1. The number of rotatable bonds is 7. The number of anilines is 1. The maximum atomic E-state index is 9.64. The standard InChI is InChI=1S/C21H22N4O2S/c1-25(2)12-14-9-20(28-13-14)18-10-16(17(11-22)21(23)24-18)15-5-3-4-6-19(15)27-8-7-26/h3-6,9-10,13,26H,7-8,12H2,1-2H3,(H2,23,24). The van der Waals surface area contributed by atoms with Gasteiger partial charge in [-0.2, -0.15) is 5.26 Å². The Hall–Kier alpha value is -2.92. The van der Waals surface area contributed by atoms with Gasteiger partial charge in [-0.25, -0.2) is 4.98 Å². The number of aliphatic hydroxyl groups is 1. The molecule has 0 radical (unpaired) electrons. The van der Waals surface area contributed by atoms with E-state index in [1.54, 1.807) is 11.3 Å². The van der Waals surface area contributed by atoms with Crippen LogP contribution in [0.5, 0.6) is 5.75 Å². The first-order valence-electron chi connectivity index (χ1n) is 8.79. The van der Waals surface area contributed by atoms with Crippen molar-refractivity contribution in [2.45, 2.75) is 6.54 Å². The molecular weight excluding hydrogens is 372 g/mol. The number of nitriles is 1. The van der Waals surface area contributed by atoms with Crippen molar-refractivity contribution in [1.29, 1.82) is 5.26 Å². The maximum absolute atomic E-state index is 9.64. The third kappa shape index (κ3) is 4.31. The van der Waals surface area contributed by atoms with Crippen LogP contribution in [0.4, 0.5) is 5.82 Å². The van der Waals surface area contributed by atoms with E-state index in [1.165, 1.54) is 5.56 Å². The molecule has 3 aromatic rings. The Morgan fingerprint density at radius 1 is 1.25 bits per heavy atom. The minimum absolute atomic E-state index is 0.0903. The zero-order valence-corrected chi connectivity index (χ0v) is 16.7. The van der Waals surface area contributed by atoms with Gasteiger partial charge in [0.25, 0.3) is 0 Å². The third-order valence-corrected chi connectivity index (χ3v) is 5.09. The lowest BCUT2D eigenvalue weighted by Gasteiger charge is -2.14. The molecular formula is C21H22N4O2S. The summed E-state index contributed by atoms with van der Waals surface area (Å²) < 4.78 is 5.65. The average Bonchev–Trinajstić information content (AvgIpc) is 3.13. The van der Waals surface area contributed by atoms with Crippen molar-refractivity contribution in [1.82, 2.24) is 9.88 Å². The molecule has 0 amide bonds. The number of hydrogen-bond donors (Lipinski definition) is 2. The first-order chi connectivity index (χ1) is 13.5. The third-order valence-electron chi connectivity index (χ3n) is 4.09. The first kappa shape index (κ1) is 19.8. The summed E-state index contributed by atoms with van der Waals surface area (Å²) in [5.74, 6) is 0.776. The molecule has 0 saturated carbocycles. The van der Waals surface area contributed by atoms with E-state index in [0.29, 0.717) is 16.9 Å². The van der Waals surface area contributed by atoms with E-state index >= 15 is 0 Å². The summed E-state index contributed by atoms with van der Waals surface area (Å²) >= 11 is 1.60. The van der Waals surface area contributed by atoms with Gasteiger partial charge in [0, 0.05) is 17.7 Å². The zero-order chi connectivity index (χ0) is 20.1. The molecule has 0 atom stereocenters. The number of nitrogens with two attached hydrogens (primary N) is 1. The van der Waals surface area contributed by atoms with Crippen LogP contribution in [0, 0.1) is 11.3 Å². The van der Waals surface area contributed by atoms with Crippen molar-refractivity contribution in [3.05, 3.63) is 52.9 Å². The highest BCUT2D eigenvalue weighted by Gasteiger charge is 2.17. The fourth-order valence-corrected chi connectivity index (χ4v) is 3.82. The molecule has 2 heterocycles. The van der Waals surface area contributed by atoms with E-state index in [0.717, 1.165) is 22.7 Å². The fraction of sp³-hybridized carbons (Fsp3) is 0.238. The van der Waals surface area contributed by atoms with Crippen LogP contribution in [0.15, 0.2) is 41.8 Å². The number of nitrogen functional groups attached to an aromatic ring is 1. The summed E-state index contributed by atoms with van der Waals surface area (Å²) in [7, 11) is 4.05. The lowest BCUT2D eigenvalue weighted by molar-refractivity contribution is 0.202. The van der Waals surface area contributed by atoms with Gasteiger partial charge in [-0.15, -0.1) is 11.3 Å².